The van der Waals surface area contributed by atoms with Crippen molar-refractivity contribution in [2.75, 3.05) is 13.1 Å². The van der Waals surface area contributed by atoms with Crippen LogP contribution in [-0.4, -0.2) is 29.9 Å². The van der Waals surface area contributed by atoms with E-state index in [2.05, 4.69) is 30.1 Å². The number of nitrogens with one attached hydrogen (secondary N) is 1. The zero-order valence-electron chi connectivity index (χ0n) is 12.1. The molecule has 3 atom stereocenters. The number of likely N-dealkylation sites (tertiary alicyclic amines) is 1. The van der Waals surface area contributed by atoms with Crippen LogP contribution in [0, 0.1) is 11.8 Å². The predicted octanol–water partition coefficient (Wildman–Crippen LogP) is 2.73. The summed E-state index contributed by atoms with van der Waals surface area (Å²) in [4.78, 5) is 15.7. The summed E-state index contributed by atoms with van der Waals surface area (Å²) in [6.07, 6.45) is 1.28. The molecule has 2 rings (SSSR count). The van der Waals surface area contributed by atoms with Crippen LogP contribution in [0.5, 0.6) is 0 Å². The van der Waals surface area contributed by atoms with Crippen molar-refractivity contribution in [2.24, 2.45) is 11.8 Å². The maximum Gasteiger partial charge on any atom is 0.237 e. The van der Waals surface area contributed by atoms with Crippen molar-refractivity contribution < 1.29 is 4.79 Å². The van der Waals surface area contributed by atoms with E-state index in [4.69, 9.17) is 0 Å². The van der Waals surface area contributed by atoms with E-state index in [1.54, 1.807) is 11.3 Å². The van der Waals surface area contributed by atoms with Crippen molar-refractivity contribution in [3.63, 3.8) is 0 Å². The number of nitrogens with zero attached hydrogens (tertiary/aromatic N) is 1. The van der Waals surface area contributed by atoms with Crippen LogP contribution in [0.2, 0.25) is 0 Å². The Morgan fingerprint density at radius 3 is 2.74 bits per heavy atom. The van der Waals surface area contributed by atoms with Gasteiger partial charge >= 0.3 is 0 Å². The van der Waals surface area contributed by atoms with Crippen LogP contribution in [0.4, 0.5) is 0 Å². The smallest absolute Gasteiger partial charge is 0.237 e. The van der Waals surface area contributed by atoms with Gasteiger partial charge in [-0.2, -0.15) is 0 Å². The fraction of sp³-hybridized carbons (Fsp3) is 0.667. The number of hydrogen-bond donors (Lipinski definition) is 1. The van der Waals surface area contributed by atoms with Crippen LogP contribution in [-0.2, 0) is 11.3 Å². The summed E-state index contributed by atoms with van der Waals surface area (Å²) in [5, 5.41) is 5.08. The number of piperidine rings is 1. The molecule has 1 fully saturated rings. The lowest BCUT2D eigenvalue weighted by Crippen LogP contribution is -2.50. The lowest BCUT2D eigenvalue weighted by Gasteiger charge is -2.38. The van der Waals surface area contributed by atoms with Gasteiger partial charge in [-0.15, -0.1) is 11.3 Å². The number of rotatable bonds is 4. The zero-order valence-corrected chi connectivity index (χ0v) is 12.9. The van der Waals surface area contributed by atoms with Crippen molar-refractivity contribution in [1.82, 2.24) is 10.2 Å². The number of hydrogen-bond acceptors (Lipinski definition) is 3. The molecule has 1 amide bonds. The molecule has 4 heteroatoms. The second-order valence-electron chi connectivity index (χ2n) is 5.87. The molecule has 3 nitrogen and oxygen atoms in total. The van der Waals surface area contributed by atoms with Gasteiger partial charge in [0.15, 0.2) is 0 Å². The topological polar surface area (TPSA) is 32.3 Å². The standard InChI is InChI=1S/C15H24N2OS/c1-11-7-12(2)10-17(9-11)13(3)15(18)16-8-14-5-4-6-19-14/h4-6,11-13H,7-10H2,1-3H3,(H,16,18)/t11-,12-,13+/m1/s1. The Morgan fingerprint density at radius 2 is 2.16 bits per heavy atom. The van der Waals surface area contributed by atoms with Gasteiger partial charge in [0.25, 0.3) is 0 Å². The summed E-state index contributed by atoms with van der Waals surface area (Å²) in [5.74, 6) is 1.53. The lowest BCUT2D eigenvalue weighted by molar-refractivity contribution is -0.127. The second kappa shape index (κ2) is 6.53. The monoisotopic (exact) mass is 280 g/mol. The molecule has 0 aromatic carbocycles. The van der Waals surface area contributed by atoms with Crippen LogP contribution in [0.3, 0.4) is 0 Å². The van der Waals surface area contributed by atoms with Gasteiger partial charge in [0.2, 0.25) is 5.91 Å². The van der Waals surface area contributed by atoms with Crippen LogP contribution >= 0.6 is 11.3 Å². The van der Waals surface area contributed by atoms with E-state index in [9.17, 15) is 4.79 Å². The second-order valence-corrected chi connectivity index (χ2v) is 6.91. The molecule has 0 unspecified atom stereocenters. The summed E-state index contributed by atoms with van der Waals surface area (Å²) in [5.41, 5.74) is 0. The normalized spacial score (nSPS) is 26.1. The summed E-state index contributed by atoms with van der Waals surface area (Å²) in [7, 11) is 0. The molecule has 1 aliphatic rings. The molecule has 0 radical (unpaired) electrons. The predicted molar refractivity (Wildman–Crippen MR) is 80.1 cm³/mol. The number of carbonyl (C=O) groups excluding carboxylic acids is 1. The molecule has 106 valence electrons. The third-order valence-electron chi connectivity index (χ3n) is 3.84. The average molecular weight is 280 g/mol. The van der Waals surface area contributed by atoms with E-state index in [1.807, 2.05) is 18.4 Å². The van der Waals surface area contributed by atoms with Crippen LogP contribution < -0.4 is 5.32 Å². The Balaban J connectivity index is 1.84. The Hall–Kier alpha value is -0.870. The van der Waals surface area contributed by atoms with Crippen LogP contribution in [0.25, 0.3) is 0 Å². The fourth-order valence-electron chi connectivity index (χ4n) is 2.93. The van der Waals surface area contributed by atoms with Gasteiger partial charge in [0.1, 0.15) is 0 Å². The Labute approximate surface area is 120 Å². The minimum absolute atomic E-state index is 0.0230. The maximum absolute atomic E-state index is 12.2. The average Bonchev–Trinajstić information content (AvgIpc) is 2.87. The highest BCUT2D eigenvalue weighted by atomic mass is 32.1. The SMILES string of the molecule is C[C@@H]1C[C@@H](C)CN([C@@H](C)C(=O)NCc2cccs2)C1. The molecule has 0 spiro atoms. The Morgan fingerprint density at radius 1 is 1.47 bits per heavy atom. The summed E-state index contributed by atoms with van der Waals surface area (Å²) >= 11 is 1.68. The van der Waals surface area contributed by atoms with Crippen molar-refractivity contribution in [3.8, 4) is 0 Å². The summed E-state index contributed by atoms with van der Waals surface area (Å²) in [6.45, 7) is 9.31. The van der Waals surface area contributed by atoms with Gasteiger partial charge in [-0.3, -0.25) is 9.69 Å². The third-order valence-corrected chi connectivity index (χ3v) is 4.72. The largest absolute Gasteiger partial charge is 0.350 e. The highest BCUT2D eigenvalue weighted by Crippen LogP contribution is 2.22. The minimum Gasteiger partial charge on any atom is -0.350 e. The van der Waals surface area contributed by atoms with Gasteiger partial charge in [-0.1, -0.05) is 19.9 Å². The molecular formula is C15H24N2OS. The van der Waals surface area contributed by atoms with Gasteiger partial charge < -0.3 is 5.32 Å². The number of carbonyl (C=O) groups is 1. The molecule has 0 bridgehead atoms. The highest BCUT2D eigenvalue weighted by molar-refractivity contribution is 7.09. The summed E-state index contributed by atoms with van der Waals surface area (Å²) in [6, 6.07) is 4.05. The number of amides is 1. The van der Waals surface area contributed by atoms with Gasteiger partial charge in [-0.25, -0.2) is 0 Å². The van der Waals surface area contributed by atoms with E-state index in [-0.39, 0.29) is 11.9 Å². The van der Waals surface area contributed by atoms with Crippen molar-refractivity contribution in [1.29, 1.82) is 0 Å². The van der Waals surface area contributed by atoms with Crippen molar-refractivity contribution >= 4 is 17.2 Å². The number of thiophene rings is 1. The van der Waals surface area contributed by atoms with E-state index >= 15 is 0 Å². The first kappa shape index (κ1) is 14.5. The van der Waals surface area contributed by atoms with E-state index < -0.39 is 0 Å². The molecule has 1 N–H and O–H groups in total. The first-order valence-corrected chi connectivity index (χ1v) is 7.98. The maximum atomic E-state index is 12.2. The van der Waals surface area contributed by atoms with E-state index in [0.29, 0.717) is 18.4 Å². The molecule has 19 heavy (non-hydrogen) atoms. The zero-order chi connectivity index (χ0) is 13.8. The van der Waals surface area contributed by atoms with E-state index in [0.717, 1.165) is 13.1 Å². The lowest BCUT2D eigenvalue weighted by atomic mass is 9.91. The molecule has 1 saturated heterocycles. The molecule has 1 aromatic heterocycles. The summed E-state index contributed by atoms with van der Waals surface area (Å²) < 4.78 is 0. The fourth-order valence-corrected chi connectivity index (χ4v) is 3.57. The van der Waals surface area contributed by atoms with Crippen LogP contribution in [0.1, 0.15) is 32.1 Å². The third kappa shape index (κ3) is 4.05. The highest BCUT2D eigenvalue weighted by Gasteiger charge is 2.28. The van der Waals surface area contributed by atoms with Gasteiger partial charge in [0, 0.05) is 18.0 Å². The molecule has 0 saturated carbocycles. The molecule has 1 aromatic rings. The first-order valence-electron chi connectivity index (χ1n) is 7.10. The quantitative estimate of drug-likeness (QED) is 0.920. The molecule has 0 aliphatic carbocycles. The van der Waals surface area contributed by atoms with E-state index in [1.165, 1.54) is 11.3 Å². The Kier molecular flexibility index (Phi) is 4.99. The Bertz CT molecular complexity index is 394. The minimum atomic E-state index is -0.0230. The van der Waals surface area contributed by atoms with Gasteiger partial charge in [-0.05, 0) is 36.6 Å². The molecular weight excluding hydrogens is 256 g/mol. The molecule has 2 heterocycles. The van der Waals surface area contributed by atoms with Gasteiger partial charge in [0.05, 0.1) is 12.6 Å². The molecule has 1 aliphatic heterocycles. The van der Waals surface area contributed by atoms with Crippen molar-refractivity contribution in [2.45, 2.75) is 39.8 Å². The van der Waals surface area contributed by atoms with Crippen LogP contribution in [0.15, 0.2) is 17.5 Å². The first-order chi connectivity index (χ1) is 9.06. The van der Waals surface area contributed by atoms with Crippen molar-refractivity contribution in [3.05, 3.63) is 22.4 Å².